The first-order valence-corrected chi connectivity index (χ1v) is 8.55. The minimum absolute atomic E-state index is 0.103. The fourth-order valence-electron chi connectivity index (χ4n) is 3.01. The molecule has 0 unspecified atom stereocenters. The zero-order valence-corrected chi connectivity index (χ0v) is 15.9. The number of carbonyl (C=O) groups is 1. The van der Waals surface area contributed by atoms with Crippen molar-refractivity contribution in [2.24, 2.45) is 7.05 Å². The summed E-state index contributed by atoms with van der Waals surface area (Å²) in [5.41, 5.74) is 0.955. The maximum atomic E-state index is 12.9. The average molecular weight is 344 g/mol. The van der Waals surface area contributed by atoms with Gasteiger partial charge < -0.3 is 19.5 Å². The molecule has 2 aromatic rings. The fraction of sp³-hybridized carbons (Fsp3) is 0.474. The Kier molecular flexibility index (Phi) is 6.07. The quantitative estimate of drug-likeness (QED) is 0.874. The summed E-state index contributed by atoms with van der Waals surface area (Å²) >= 11 is 0. The lowest BCUT2D eigenvalue weighted by atomic mass is 10.1. The molecule has 1 N–H and O–H groups in total. The van der Waals surface area contributed by atoms with E-state index in [4.69, 9.17) is 4.74 Å². The third kappa shape index (κ3) is 4.32. The van der Waals surface area contributed by atoms with Gasteiger partial charge in [0.1, 0.15) is 17.6 Å². The summed E-state index contributed by atoms with van der Waals surface area (Å²) in [7, 11) is 3.56. The summed E-state index contributed by atoms with van der Waals surface area (Å²) in [6.07, 6.45) is 3.61. The zero-order chi connectivity index (χ0) is 18.6. The van der Waals surface area contributed by atoms with E-state index < -0.39 is 0 Å². The van der Waals surface area contributed by atoms with Crippen molar-refractivity contribution in [2.45, 2.75) is 45.8 Å². The Morgan fingerprint density at radius 1 is 1.16 bits per heavy atom. The molecule has 1 atom stereocenters. The van der Waals surface area contributed by atoms with Gasteiger partial charge in [-0.1, -0.05) is 12.1 Å². The van der Waals surface area contributed by atoms with Crippen LogP contribution in [0.1, 0.15) is 45.1 Å². The van der Waals surface area contributed by atoms with Crippen molar-refractivity contribution in [3.05, 3.63) is 48.0 Å². The molecular formula is C19H28N4O2. The number of aromatic nitrogens is 2. The number of methoxy groups -OCH3 is 1. The van der Waals surface area contributed by atoms with Crippen LogP contribution in [0.25, 0.3) is 0 Å². The number of carbonyl (C=O) groups excluding carboxylic acids is 1. The third-order valence-electron chi connectivity index (χ3n) is 4.18. The number of rotatable bonds is 6. The van der Waals surface area contributed by atoms with Crippen molar-refractivity contribution in [1.82, 2.24) is 19.8 Å². The minimum atomic E-state index is -0.335. The molecule has 2 rings (SSSR count). The summed E-state index contributed by atoms with van der Waals surface area (Å²) in [6, 6.07) is 7.46. The lowest BCUT2D eigenvalue weighted by molar-refractivity contribution is 0.162. The van der Waals surface area contributed by atoms with E-state index >= 15 is 0 Å². The molecule has 0 fully saturated rings. The van der Waals surface area contributed by atoms with Crippen molar-refractivity contribution in [2.75, 3.05) is 7.11 Å². The Morgan fingerprint density at radius 3 is 2.20 bits per heavy atom. The predicted octanol–water partition coefficient (Wildman–Crippen LogP) is 3.35. The van der Waals surface area contributed by atoms with Gasteiger partial charge in [0.2, 0.25) is 0 Å². The van der Waals surface area contributed by atoms with Gasteiger partial charge in [-0.3, -0.25) is 0 Å². The number of nitrogens with zero attached hydrogens (tertiary/aromatic N) is 3. The van der Waals surface area contributed by atoms with Crippen molar-refractivity contribution in [3.63, 3.8) is 0 Å². The number of hydrogen-bond acceptors (Lipinski definition) is 3. The number of benzene rings is 1. The standard InChI is InChI=1S/C19H28N4O2/c1-13(2)23(14(3)4)19(24)21-17(18-20-11-12-22(18)5)15-7-9-16(25-6)10-8-15/h7-14,17H,1-6H3,(H,21,24)/t17-/m0/s1. The van der Waals surface area contributed by atoms with E-state index in [1.165, 1.54) is 0 Å². The Labute approximate surface area is 149 Å². The highest BCUT2D eigenvalue weighted by Gasteiger charge is 2.26. The van der Waals surface area contributed by atoms with Crippen molar-refractivity contribution < 1.29 is 9.53 Å². The van der Waals surface area contributed by atoms with E-state index in [1.807, 2.05) is 74.7 Å². The molecule has 0 aliphatic carbocycles. The van der Waals surface area contributed by atoms with Crippen LogP contribution in [0.4, 0.5) is 4.79 Å². The van der Waals surface area contributed by atoms with Gasteiger partial charge in [-0.2, -0.15) is 0 Å². The van der Waals surface area contributed by atoms with Gasteiger partial charge in [0.25, 0.3) is 0 Å². The third-order valence-corrected chi connectivity index (χ3v) is 4.18. The zero-order valence-electron chi connectivity index (χ0n) is 15.9. The highest BCUT2D eigenvalue weighted by molar-refractivity contribution is 5.75. The lowest BCUT2D eigenvalue weighted by Gasteiger charge is -2.32. The molecular weight excluding hydrogens is 316 g/mol. The second kappa shape index (κ2) is 8.05. The molecule has 0 bridgehead atoms. The number of nitrogens with one attached hydrogen (secondary N) is 1. The van der Waals surface area contributed by atoms with Crippen molar-refractivity contribution in [1.29, 1.82) is 0 Å². The van der Waals surface area contributed by atoms with Crippen LogP contribution in [-0.2, 0) is 7.05 Å². The largest absolute Gasteiger partial charge is 0.497 e. The molecule has 0 saturated heterocycles. The molecule has 0 saturated carbocycles. The van der Waals surface area contributed by atoms with Gasteiger partial charge in [-0.25, -0.2) is 9.78 Å². The Bertz CT molecular complexity index is 684. The smallest absolute Gasteiger partial charge is 0.318 e. The Hall–Kier alpha value is -2.50. The van der Waals surface area contributed by atoms with Gasteiger partial charge in [0.05, 0.1) is 7.11 Å². The molecule has 2 amide bonds. The van der Waals surface area contributed by atoms with Crippen LogP contribution in [-0.4, -0.2) is 39.7 Å². The summed E-state index contributed by atoms with van der Waals surface area (Å²) in [6.45, 7) is 8.07. The number of urea groups is 1. The van der Waals surface area contributed by atoms with Crippen LogP contribution < -0.4 is 10.1 Å². The van der Waals surface area contributed by atoms with Crippen LogP contribution in [0.15, 0.2) is 36.7 Å². The number of aryl methyl sites for hydroxylation is 1. The molecule has 1 heterocycles. The SMILES string of the molecule is COc1ccc([C@H](NC(=O)N(C(C)C)C(C)C)c2nccn2C)cc1. The summed E-state index contributed by atoms with van der Waals surface area (Å²) in [4.78, 5) is 19.2. The van der Waals surface area contributed by atoms with Crippen LogP contribution in [0.2, 0.25) is 0 Å². The van der Waals surface area contributed by atoms with E-state index in [-0.39, 0.29) is 24.2 Å². The topological polar surface area (TPSA) is 59.4 Å². The van der Waals surface area contributed by atoms with E-state index in [0.717, 1.165) is 17.1 Å². The van der Waals surface area contributed by atoms with E-state index in [2.05, 4.69) is 10.3 Å². The molecule has 0 radical (unpaired) electrons. The minimum Gasteiger partial charge on any atom is -0.497 e. The van der Waals surface area contributed by atoms with Gasteiger partial charge in [-0.05, 0) is 45.4 Å². The van der Waals surface area contributed by atoms with E-state index in [9.17, 15) is 4.79 Å². The first-order chi connectivity index (χ1) is 11.8. The van der Waals surface area contributed by atoms with Gasteiger partial charge in [-0.15, -0.1) is 0 Å². The molecule has 0 aliphatic rings. The molecule has 136 valence electrons. The van der Waals surface area contributed by atoms with Gasteiger partial charge >= 0.3 is 6.03 Å². The Balaban J connectivity index is 2.35. The molecule has 0 spiro atoms. The highest BCUT2D eigenvalue weighted by Crippen LogP contribution is 2.23. The maximum absolute atomic E-state index is 12.9. The van der Waals surface area contributed by atoms with Gasteiger partial charge in [0, 0.05) is 31.5 Å². The molecule has 1 aromatic heterocycles. The monoisotopic (exact) mass is 344 g/mol. The Morgan fingerprint density at radius 2 is 1.76 bits per heavy atom. The lowest BCUT2D eigenvalue weighted by Crippen LogP contribution is -2.49. The normalized spacial score (nSPS) is 12.3. The second-order valence-corrected chi connectivity index (χ2v) is 6.65. The van der Waals surface area contributed by atoms with E-state index in [1.54, 1.807) is 13.3 Å². The summed E-state index contributed by atoms with van der Waals surface area (Å²) in [5.74, 6) is 1.56. The summed E-state index contributed by atoms with van der Waals surface area (Å²) < 4.78 is 7.15. The number of amides is 2. The molecule has 25 heavy (non-hydrogen) atoms. The number of ether oxygens (including phenoxy) is 1. The molecule has 0 aliphatic heterocycles. The summed E-state index contributed by atoms with van der Waals surface area (Å²) in [5, 5.41) is 3.14. The average Bonchev–Trinajstić information content (AvgIpc) is 2.98. The van der Waals surface area contributed by atoms with Crippen molar-refractivity contribution >= 4 is 6.03 Å². The van der Waals surface area contributed by atoms with Crippen LogP contribution in [0.3, 0.4) is 0 Å². The van der Waals surface area contributed by atoms with Crippen molar-refractivity contribution in [3.8, 4) is 5.75 Å². The maximum Gasteiger partial charge on any atom is 0.318 e. The molecule has 6 heteroatoms. The fourth-order valence-corrected chi connectivity index (χ4v) is 3.01. The van der Waals surface area contributed by atoms with E-state index in [0.29, 0.717) is 0 Å². The first kappa shape index (κ1) is 18.8. The highest BCUT2D eigenvalue weighted by atomic mass is 16.5. The first-order valence-electron chi connectivity index (χ1n) is 8.55. The van der Waals surface area contributed by atoms with Gasteiger partial charge in [0.15, 0.2) is 0 Å². The van der Waals surface area contributed by atoms with Crippen LogP contribution in [0, 0.1) is 0 Å². The second-order valence-electron chi connectivity index (χ2n) is 6.65. The number of hydrogen-bond donors (Lipinski definition) is 1. The van der Waals surface area contributed by atoms with Crippen LogP contribution in [0.5, 0.6) is 5.75 Å². The van der Waals surface area contributed by atoms with Crippen LogP contribution >= 0.6 is 0 Å². The predicted molar refractivity (Wildman–Crippen MR) is 98.7 cm³/mol. The number of imidazole rings is 1. The molecule has 6 nitrogen and oxygen atoms in total. The molecule has 1 aromatic carbocycles.